The molecular formula is C19H24F3N3O2. The monoisotopic (exact) mass is 383 g/mol. The van der Waals surface area contributed by atoms with Crippen molar-refractivity contribution in [3.05, 3.63) is 36.0 Å². The first kappa shape index (κ1) is 20.8. The van der Waals surface area contributed by atoms with Crippen molar-refractivity contribution in [2.24, 2.45) is 0 Å². The first-order valence-corrected chi connectivity index (χ1v) is 8.79. The largest absolute Gasteiger partial charge is 0.491 e. The summed E-state index contributed by atoms with van der Waals surface area (Å²) in [6.45, 7) is 5.95. The van der Waals surface area contributed by atoms with E-state index < -0.39 is 17.6 Å². The molecule has 8 heteroatoms. The number of nitrogens with zero attached hydrogens (tertiary/aromatic N) is 3. The lowest BCUT2D eigenvalue weighted by atomic mass is 10.3. The average Bonchev–Trinajstić information content (AvgIpc) is 2.60. The van der Waals surface area contributed by atoms with E-state index in [2.05, 4.69) is 9.97 Å². The summed E-state index contributed by atoms with van der Waals surface area (Å²) in [4.78, 5) is 9.45. The van der Waals surface area contributed by atoms with Crippen LogP contribution in [0.15, 0.2) is 30.5 Å². The van der Waals surface area contributed by atoms with Crippen molar-refractivity contribution in [3.8, 4) is 11.6 Å². The van der Waals surface area contributed by atoms with Crippen molar-refractivity contribution >= 4 is 11.6 Å². The van der Waals surface area contributed by atoms with Crippen LogP contribution in [-0.4, -0.2) is 29.7 Å². The molecule has 0 bridgehead atoms. The van der Waals surface area contributed by atoms with Gasteiger partial charge in [-0.25, -0.2) is 4.98 Å². The van der Waals surface area contributed by atoms with Gasteiger partial charge < -0.3 is 14.4 Å². The molecule has 0 aliphatic heterocycles. The van der Waals surface area contributed by atoms with Crippen molar-refractivity contribution in [1.29, 1.82) is 0 Å². The predicted molar refractivity (Wildman–Crippen MR) is 97.7 cm³/mol. The SMILES string of the molecule is CCCCOc1nc(N(C)c2ccc(OC(C)C)cc2)ncc1C(F)(F)F. The van der Waals surface area contributed by atoms with Crippen molar-refractivity contribution in [2.45, 2.75) is 45.9 Å². The lowest BCUT2D eigenvalue weighted by molar-refractivity contribution is -0.139. The lowest BCUT2D eigenvalue weighted by Gasteiger charge is -2.20. The van der Waals surface area contributed by atoms with Crippen LogP contribution in [0, 0.1) is 0 Å². The minimum absolute atomic E-state index is 0.0506. The summed E-state index contributed by atoms with van der Waals surface area (Å²) in [5.41, 5.74) is -0.262. The molecule has 0 saturated heterocycles. The first-order valence-electron chi connectivity index (χ1n) is 8.79. The van der Waals surface area contributed by atoms with E-state index >= 15 is 0 Å². The Hall–Kier alpha value is -2.51. The van der Waals surface area contributed by atoms with Gasteiger partial charge in [-0.1, -0.05) is 13.3 Å². The molecule has 1 heterocycles. The zero-order chi connectivity index (χ0) is 20.0. The van der Waals surface area contributed by atoms with Gasteiger partial charge in [0.25, 0.3) is 0 Å². The van der Waals surface area contributed by atoms with Gasteiger partial charge in [0.1, 0.15) is 11.3 Å². The average molecular weight is 383 g/mol. The van der Waals surface area contributed by atoms with Crippen LogP contribution >= 0.6 is 0 Å². The van der Waals surface area contributed by atoms with E-state index in [1.807, 2.05) is 20.8 Å². The highest BCUT2D eigenvalue weighted by Crippen LogP contribution is 2.36. The first-order chi connectivity index (χ1) is 12.7. The third-order valence-electron chi connectivity index (χ3n) is 3.68. The van der Waals surface area contributed by atoms with E-state index in [9.17, 15) is 13.2 Å². The summed E-state index contributed by atoms with van der Waals surface area (Å²) in [6.07, 6.45) is -2.31. The van der Waals surface area contributed by atoms with Crippen LogP contribution in [0.25, 0.3) is 0 Å². The summed E-state index contributed by atoms with van der Waals surface area (Å²) in [5.74, 6) is 0.374. The summed E-state index contributed by atoms with van der Waals surface area (Å²) >= 11 is 0. The summed E-state index contributed by atoms with van der Waals surface area (Å²) in [7, 11) is 1.68. The molecule has 0 fully saturated rings. The molecule has 0 amide bonds. The quantitative estimate of drug-likeness (QED) is 0.584. The fraction of sp³-hybridized carbons (Fsp3) is 0.474. The number of hydrogen-bond donors (Lipinski definition) is 0. The standard InChI is InChI=1S/C19H24F3N3O2/c1-5-6-11-26-17-16(19(20,21)22)12-23-18(24-17)25(4)14-7-9-15(10-8-14)27-13(2)3/h7-10,12-13H,5-6,11H2,1-4H3. The molecule has 0 saturated carbocycles. The van der Waals surface area contributed by atoms with Crippen LogP contribution in [0.2, 0.25) is 0 Å². The van der Waals surface area contributed by atoms with E-state index in [0.29, 0.717) is 17.9 Å². The normalized spacial score (nSPS) is 11.6. The highest BCUT2D eigenvalue weighted by Gasteiger charge is 2.36. The number of halogens is 3. The van der Waals surface area contributed by atoms with Gasteiger partial charge in [-0.05, 0) is 44.5 Å². The van der Waals surface area contributed by atoms with Gasteiger partial charge in [0.2, 0.25) is 11.8 Å². The van der Waals surface area contributed by atoms with E-state index in [1.54, 1.807) is 36.2 Å². The minimum Gasteiger partial charge on any atom is -0.491 e. The number of ether oxygens (including phenoxy) is 2. The predicted octanol–water partition coefficient (Wildman–Crippen LogP) is 5.23. The number of rotatable bonds is 8. The number of hydrogen-bond acceptors (Lipinski definition) is 5. The minimum atomic E-state index is -4.57. The van der Waals surface area contributed by atoms with Gasteiger partial charge in [0, 0.05) is 18.9 Å². The molecule has 148 valence electrons. The molecule has 5 nitrogen and oxygen atoms in total. The number of benzene rings is 1. The van der Waals surface area contributed by atoms with Crippen molar-refractivity contribution < 1.29 is 22.6 Å². The molecule has 1 aromatic carbocycles. The zero-order valence-corrected chi connectivity index (χ0v) is 15.9. The van der Waals surface area contributed by atoms with Crippen LogP contribution in [0.5, 0.6) is 11.6 Å². The number of alkyl halides is 3. The Morgan fingerprint density at radius 2 is 1.81 bits per heavy atom. The molecule has 1 aromatic heterocycles. The molecular weight excluding hydrogens is 359 g/mol. The second-order valence-electron chi connectivity index (χ2n) is 6.31. The second-order valence-corrected chi connectivity index (χ2v) is 6.31. The van der Waals surface area contributed by atoms with Gasteiger partial charge in [0.05, 0.1) is 12.7 Å². The Morgan fingerprint density at radius 1 is 1.15 bits per heavy atom. The van der Waals surface area contributed by atoms with E-state index in [-0.39, 0.29) is 18.7 Å². The number of anilines is 2. The fourth-order valence-corrected chi connectivity index (χ4v) is 2.27. The molecule has 0 N–H and O–H groups in total. The van der Waals surface area contributed by atoms with Crippen LogP contribution in [0.1, 0.15) is 39.2 Å². The molecule has 0 unspecified atom stereocenters. The zero-order valence-electron chi connectivity index (χ0n) is 15.9. The maximum absolute atomic E-state index is 13.2. The third kappa shape index (κ3) is 5.74. The van der Waals surface area contributed by atoms with E-state index in [1.165, 1.54) is 0 Å². The van der Waals surface area contributed by atoms with Crippen molar-refractivity contribution in [1.82, 2.24) is 9.97 Å². The van der Waals surface area contributed by atoms with Gasteiger partial charge >= 0.3 is 6.18 Å². The fourth-order valence-electron chi connectivity index (χ4n) is 2.27. The Bertz CT molecular complexity index is 734. The Kier molecular flexibility index (Phi) is 6.87. The summed E-state index contributed by atoms with van der Waals surface area (Å²) < 4.78 is 50.4. The molecule has 0 aliphatic carbocycles. The Morgan fingerprint density at radius 3 is 2.37 bits per heavy atom. The van der Waals surface area contributed by atoms with Crippen LogP contribution in [-0.2, 0) is 6.18 Å². The molecule has 0 aliphatic rings. The molecule has 0 spiro atoms. The van der Waals surface area contributed by atoms with Gasteiger partial charge in [-0.2, -0.15) is 18.2 Å². The number of aromatic nitrogens is 2. The maximum Gasteiger partial charge on any atom is 0.423 e. The lowest BCUT2D eigenvalue weighted by Crippen LogP contribution is -2.17. The smallest absolute Gasteiger partial charge is 0.423 e. The van der Waals surface area contributed by atoms with Crippen molar-refractivity contribution in [2.75, 3.05) is 18.6 Å². The van der Waals surface area contributed by atoms with Gasteiger partial charge in [0.15, 0.2) is 0 Å². The Balaban J connectivity index is 2.27. The van der Waals surface area contributed by atoms with E-state index in [0.717, 1.165) is 12.6 Å². The highest BCUT2D eigenvalue weighted by molar-refractivity contribution is 5.58. The van der Waals surface area contributed by atoms with E-state index in [4.69, 9.17) is 9.47 Å². The Labute approximate surface area is 157 Å². The van der Waals surface area contributed by atoms with Gasteiger partial charge in [-0.15, -0.1) is 0 Å². The topological polar surface area (TPSA) is 47.5 Å². The van der Waals surface area contributed by atoms with Crippen LogP contribution in [0.3, 0.4) is 0 Å². The van der Waals surface area contributed by atoms with Crippen LogP contribution < -0.4 is 14.4 Å². The summed E-state index contributed by atoms with van der Waals surface area (Å²) in [6, 6.07) is 7.15. The number of unbranched alkanes of at least 4 members (excludes halogenated alkanes) is 1. The van der Waals surface area contributed by atoms with Crippen LogP contribution in [0.4, 0.5) is 24.8 Å². The highest BCUT2D eigenvalue weighted by atomic mass is 19.4. The van der Waals surface area contributed by atoms with Gasteiger partial charge in [-0.3, -0.25) is 0 Å². The summed E-state index contributed by atoms with van der Waals surface area (Å²) in [5, 5.41) is 0. The molecule has 0 radical (unpaired) electrons. The van der Waals surface area contributed by atoms with Crippen molar-refractivity contribution in [3.63, 3.8) is 0 Å². The maximum atomic E-state index is 13.2. The molecule has 27 heavy (non-hydrogen) atoms. The third-order valence-corrected chi connectivity index (χ3v) is 3.68. The second kappa shape index (κ2) is 8.92. The molecule has 0 atom stereocenters. The molecule has 2 rings (SSSR count). The molecule has 2 aromatic rings.